The fourth-order valence-electron chi connectivity index (χ4n) is 6.50. The van der Waals surface area contributed by atoms with E-state index in [1.165, 1.54) is 0 Å². The molecule has 166 valence electrons. The van der Waals surface area contributed by atoms with Gasteiger partial charge in [-0.15, -0.1) is 0 Å². The number of fused-ring (bicyclic) bond motifs is 3. The number of ketones is 1. The number of hydrogen-bond donors (Lipinski definition) is 1. The second-order valence-electron chi connectivity index (χ2n) is 10.8. The summed E-state index contributed by atoms with van der Waals surface area (Å²) >= 11 is 0. The van der Waals surface area contributed by atoms with Crippen LogP contribution in [0.5, 0.6) is 0 Å². The van der Waals surface area contributed by atoms with Gasteiger partial charge in [-0.3, -0.25) is 4.79 Å². The maximum Gasteiger partial charge on any atom is 0.142 e. The normalized spacial score (nSPS) is 41.3. The van der Waals surface area contributed by atoms with E-state index in [-0.39, 0.29) is 28.8 Å². The fraction of sp³-hybridized carbons (Fsp3) is 0.917. The maximum absolute atomic E-state index is 13.7. The molecule has 3 aliphatic rings. The van der Waals surface area contributed by atoms with Crippen molar-refractivity contribution in [2.75, 3.05) is 27.2 Å². The number of hydrogen-bond acceptors (Lipinski definition) is 5. The highest BCUT2D eigenvalue weighted by atomic mass is 16.6. The molecule has 0 bridgehead atoms. The molecule has 0 aromatic heterocycles. The summed E-state index contributed by atoms with van der Waals surface area (Å²) in [6, 6.07) is 0. The van der Waals surface area contributed by atoms with Gasteiger partial charge in [0.15, 0.2) is 0 Å². The molecule has 7 atom stereocenters. The van der Waals surface area contributed by atoms with E-state index >= 15 is 0 Å². The number of carbonyl (C=O) groups excluding carboxylic acids is 1. The monoisotopic (exact) mass is 406 g/mol. The number of aliphatic hydroxyl groups excluding tert-OH is 1. The standard InChI is InChI=1S/C24H42N2O3/c1-17(10-13-25-29-15-14-26(4)5)23(2)12-9-21-20(22(23)28)7-6-18-16-19(27)8-11-24(18,21)3/h13,17-21,27H,6-12,14-16H2,1-5H3/b25-13-/t17-,18+,19-,20+,21-,23+,24-/m0/s1. The van der Waals surface area contributed by atoms with Crippen molar-refractivity contribution in [1.82, 2.24) is 4.90 Å². The van der Waals surface area contributed by atoms with Gasteiger partial charge in [0.1, 0.15) is 12.4 Å². The highest BCUT2D eigenvalue weighted by Gasteiger charge is 2.57. The van der Waals surface area contributed by atoms with Crippen molar-refractivity contribution in [3.8, 4) is 0 Å². The number of rotatable bonds is 7. The summed E-state index contributed by atoms with van der Waals surface area (Å²) in [5.41, 5.74) is -0.0156. The van der Waals surface area contributed by atoms with Crippen LogP contribution in [0.1, 0.15) is 72.1 Å². The van der Waals surface area contributed by atoms with Crippen LogP contribution in [0.2, 0.25) is 0 Å². The molecule has 0 spiro atoms. The molecule has 3 rings (SSSR count). The van der Waals surface area contributed by atoms with Crippen LogP contribution in [0.3, 0.4) is 0 Å². The summed E-state index contributed by atoms with van der Waals surface area (Å²) in [5, 5.41) is 14.2. The lowest BCUT2D eigenvalue weighted by Crippen LogP contribution is -2.55. The van der Waals surface area contributed by atoms with Crippen molar-refractivity contribution in [3.05, 3.63) is 0 Å². The Morgan fingerprint density at radius 3 is 2.72 bits per heavy atom. The molecule has 3 saturated carbocycles. The third-order valence-corrected chi connectivity index (χ3v) is 8.86. The zero-order valence-electron chi connectivity index (χ0n) is 19.2. The Balaban J connectivity index is 1.60. The Morgan fingerprint density at radius 2 is 2.00 bits per heavy atom. The highest BCUT2D eigenvalue weighted by Crippen LogP contribution is 2.61. The third kappa shape index (κ3) is 4.56. The predicted molar refractivity (Wildman–Crippen MR) is 117 cm³/mol. The lowest BCUT2D eigenvalue weighted by molar-refractivity contribution is -0.156. The van der Waals surface area contributed by atoms with E-state index in [2.05, 4.69) is 30.8 Å². The minimum atomic E-state index is -0.256. The molecule has 0 heterocycles. The average Bonchev–Trinajstić information content (AvgIpc) is 2.67. The van der Waals surface area contributed by atoms with Gasteiger partial charge in [0.2, 0.25) is 0 Å². The van der Waals surface area contributed by atoms with E-state index < -0.39 is 0 Å². The van der Waals surface area contributed by atoms with Crippen LogP contribution in [0.25, 0.3) is 0 Å². The molecule has 0 aromatic rings. The van der Waals surface area contributed by atoms with E-state index in [0.717, 1.165) is 57.9 Å². The minimum Gasteiger partial charge on any atom is -0.395 e. The fourth-order valence-corrected chi connectivity index (χ4v) is 6.50. The number of Topliss-reactive ketones (excluding diaryl/α,β-unsaturated/α-hetero) is 1. The molecule has 3 aliphatic carbocycles. The zero-order chi connectivity index (χ0) is 21.2. The topological polar surface area (TPSA) is 62.1 Å². The van der Waals surface area contributed by atoms with Crippen molar-refractivity contribution in [1.29, 1.82) is 0 Å². The second-order valence-corrected chi connectivity index (χ2v) is 10.8. The van der Waals surface area contributed by atoms with Crippen molar-refractivity contribution in [3.63, 3.8) is 0 Å². The largest absolute Gasteiger partial charge is 0.395 e. The number of aliphatic hydroxyl groups is 1. The minimum absolute atomic E-state index is 0.131. The van der Waals surface area contributed by atoms with Crippen LogP contribution in [-0.4, -0.2) is 55.4 Å². The summed E-state index contributed by atoms with van der Waals surface area (Å²) in [5.74, 6) is 2.07. The van der Waals surface area contributed by atoms with Gasteiger partial charge in [-0.2, -0.15) is 0 Å². The molecule has 0 amide bonds. The number of carbonyl (C=O) groups is 1. The van der Waals surface area contributed by atoms with Crippen LogP contribution in [-0.2, 0) is 9.63 Å². The first-order valence-electron chi connectivity index (χ1n) is 11.7. The van der Waals surface area contributed by atoms with Gasteiger partial charge in [0.05, 0.1) is 6.10 Å². The first kappa shape index (κ1) is 22.7. The molecule has 0 aromatic carbocycles. The Labute approximate surface area is 177 Å². The Kier molecular flexibility index (Phi) is 7.10. The van der Waals surface area contributed by atoms with Crippen molar-refractivity contribution in [2.24, 2.45) is 39.7 Å². The number of likely N-dealkylation sites (N-methyl/N-ethyl adjacent to an activating group) is 1. The third-order valence-electron chi connectivity index (χ3n) is 8.86. The maximum atomic E-state index is 13.7. The lowest BCUT2D eigenvalue weighted by Gasteiger charge is -2.58. The van der Waals surface area contributed by atoms with Crippen LogP contribution >= 0.6 is 0 Å². The first-order valence-corrected chi connectivity index (χ1v) is 11.7. The zero-order valence-corrected chi connectivity index (χ0v) is 19.2. The summed E-state index contributed by atoms with van der Waals surface area (Å²) in [6.07, 6.45) is 9.68. The molecule has 0 saturated heterocycles. The predicted octanol–water partition coefficient (Wildman–Crippen LogP) is 4.14. The van der Waals surface area contributed by atoms with Gasteiger partial charge >= 0.3 is 0 Å². The molecule has 3 fully saturated rings. The van der Waals surface area contributed by atoms with Crippen LogP contribution in [0.4, 0.5) is 0 Å². The van der Waals surface area contributed by atoms with Gasteiger partial charge in [-0.25, -0.2) is 0 Å². The van der Waals surface area contributed by atoms with Gasteiger partial charge in [0.25, 0.3) is 0 Å². The van der Waals surface area contributed by atoms with E-state index in [4.69, 9.17) is 4.84 Å². The van der Waals surface area contributed by atoms with Crippen molar-refractivity contribution >= 4 is 12.0 Å². The molecular weight excluding hydrogens is 364 g/mol. The summed E-state index contributed by atoms with van der Waals surface area (Å²) < 4.78 is 0. The van der Waals surface area contributed by atoms with Gasteiger partial charge in [-0.05, 0) is 88.6 Å². The van der Waals surface area contributed by atoms with Crippen molar-refractivity contribution < 1.29 is 14.7 Å². The smallest absolute Gasteiger partial charge is 0.142 e. The van der Waals surface area contributed by atoms with E-state index in [1.807, 2.05) is 20.3 Å². The Hall–Kier alpha value is -0.940. The number of oxime groups is 1. The highest BCUT2D eigenvalue weighted by molar-refractivity contribution is 5.88. The average molecular weight is 407 g/mol. The molecule has 29 heavy (non-hydrogen) atoms. The van der Waals surface area contributed by atoms with Crippen molar-refractivity contribution in [2.45, 2.75) is 78.2 Å². The molecule has 0 radical (unpaired) electrons. The molecule has 5 nitrogen and oxygen atoms in total. The van der Waals surface area contributed by atoms with Crippen LogP contribution in [0, 0.1) is 34.5 Å². The molecule has 1 N–H and O–H groups in total. The van der Waals surface area contributed by atoms with Gasteiger partial charge in [-0.1, -0.05) is 25.9 Å². The molecule has 0 aliphatic heterocycles. The Bertz CT molecular complexity index is 607. The van der Waals surface area contributed by atoms with Crippen LogP contribution in [0.15, 0.2) is 5.16 Å². The molecule has 5 heteroatoms. The Morgan fingerprint density at radius 1 is 1.24 bits per heavy atom. The molecule has 0 unspecified atom stereocenters. The first-order chi connectivity index (χ1) is 13.7. The second kappa shape index (κ2) is 9.05. The van der Waals surface area contributed by atoms with E-state index in [1.54, 1.807) is 0 Å². The van der Waals surface area contributed by atoms with Gasteiger partial charge < -0.3 is 14.8 Å². The summed E-state index contributed by atoms with van der Waals surface area (Å²) in [7, 11) is 4.03. The summed E-state index contributed by atoms with van der Waals surface area (Å²) in [4.78, 5) is 21.1. The summed E-state index contributed by atoms with van der Waals surface area (Å²) in [6.45, 7) is 8.25. The SMILES string of the molecule is C[C@@H](C/C=N\OCCN(C)C)[C@@]1(C)CC[C@H]2[C@@H](CC[C@@H]3C[C@@H](O)CC[C@@]32C)C1=O. The van der Waals surface area contributed by atoms with E-state index in [9.17, 15) is 9.90 Å². The lowest BCUT2D eigenvalue weighted by atomic mass is 9.46. The number of nitrogens with zero attached hydrogens (tertiary/aromatic N) is 2. The quantitative estimate of drug-likeness (QED) is 0.392. The van der Waals surface area contributed by atoms with E-state index in [0.29, 0.717) is 24.2 Å². The molecular formula is C24H42N2O3. The van der Waals surface area contributed by atoms with Crippen LogP contribution < -0.4 is 0 Å². The van der Waals surface area contributed by atoms with Gasteiger partial charge in [0, 0.05) is 24.1 Å².